The van der Waals surface area contributed by atoms with Crippen LogP contribution in [0.5, 0.6) is 0 Å². The summed E-state index contributed by atoms with van der Waals surface area (Å²) in [5.74, 6) is -1.31. The molecule has 40 heavy (non-hydrogen) atoms. The molecule has 4 amide bonds. The van der Waals surface area contributed by atoms with E-state index in [2.05, 4.69) is 0 Å². The Balaban J connectivity index is 1.40. The van der Waals surface area contributed by atoms with E-state index in [4.69, 9.17) is 0 Å². The van der Waals surface area contributed by atoms with Gasteiger partial charge in [0.2, 0.25) is 11.8 Å². The van der Waals surface area contributed by atoms with Crippen LogP contribution in [-0.4, -0.2) is 41.1 Å². The Morgan fingerprint density at radius 2 is 1.45 bits per heavy atom. The predicted octanol–water partition coefficient (Wildman–Crippen LogP) is 5.75. The van der Waals surface area contributed by atoms with Crippen molar-refractivity contribution in [1.82, 2.24) is 4.90 Å². The van der Waals surface area contributed by atoms with Gasteiger partial charge in [0.05, 0.1) is 6.04 Å². The second kappa shape index (κ2) is 10.1. The van der Waals surface area contributed by atoms with Gasteiger partial charge in [-0.2, -0.15) is 0 Å². The Kier molecular flexibility index (Phi) is 6.42. The minimum atomic E-state index is -0.479. The molecule has 0 bridgehead atoms. The number of fused-ring (bicyclic) bond motifs is 1. The molecule has 0 saturated heterocycles. The van der Waals surface area contributed by atoms with Crippen molar-refractivity contribution in [2.24, 2.45) is 0 Å². The molecule has 2 aliphatic heterocycles. The maximum atomic E-state index is 14.2. The molecule has 2 aliphatic rings. The van der Waals surface area contributed by atoms with E-state index in [1.807, 2.05) is 85.5 Å². The smallest absolute Gasteiger partial charge is 0.261 e. The fraction of sp³-hybridized carbons (Fsp3) is 0.212. The van der Waals surface area contributed by atoms with Crippen LogP contribution in [0.15, 0.2) is 91.0 Å². The maximum Gasteiger partial charge on any atom is 0.261 e. The van der Waals surface area contributed by atoms with Gasteiger partial charge in [0.25, 0.3) is 11.8 Å². The van der Waals surface area contributed by atoms with E-state index < -0.39 is 24.4 Å². The number of amides is 4. The molecule has 0 saturated carbocycles. The van der Waals surface area contributed by atoms with Crippen LogP contribution in [0.4, 0.5) is 11.4 Å². The lowest BCUT2D eigenvalue weighted by Crippen LogP contribution is -2.51. The van der Waals surface area contributed by atoms with Gasteiger partial charge in [0, 0.05) is 40.4 Å². The summed E-state index contributed by atoms with van der Waals surface area (Å²) in [4.78, 5) is 58.8. The van der Waals surface area contributed by atoms with Gasteiger partial charge >= 0.3 is 0 Å². The summed E-state index contributed by atoms with van der Waals surface area (Å²) >= 11 is 0. The second-order valence-corrected chi connectivity index (χ2v) is 10.3. The van der Waals surface area contributed by atoms with Gasteiger partial charge in [0.15, 0.2) is 0 Å². The molecule has 6 rings (SSSR count). The standard InChI is InChI=1S/C33H29N3O4/c1-3-29(37)35-21(2)19-28(24-15-7-8-18-27(24)35)36(23-13-5-4-6-14-23)30(38)20-34-32(39)25-16-9-11-22-12-10-17-26(31(22)25)33(34)40/h4-18,21,28H,3,19-20H2,1-2H3/t21-,28+/m0/s1. The number of imide groups is 1. The van der Waals surface area contributed by atoms with Crippen molar-refractivity contribution < 1.29 is 19.2 Å². The Labute approximate surface area is 232 Å². The zero-order chi connectivity index (χ0) is 28.0. The minimum Gasteiger partial charge on any atom is -0.309 e. The quantitative estimate of drug-likeness (QED) is 0.308. The first-order chi connectivity index (χ1) is 19.4. The molecule has 0 unspecified atom stereocenters. The third kappa shape index (κ3) is 4.06. The Hall–Kier alpha value is -4.78. The average Bonchev–Trinajstić information content (AvgIpc) is 2.98. The van der Waals surface area contributed by atoms with Gasteiger partial charge in [-0.05, 0) is 54.6 Å². The number of benzene rings is 4. The number of anilines is 2. The monoisotopic (exact) mass is 531 g/mol. The van der Waals surface area contributed by atoms with Gasteiger partial charge in [-0.3, -0.25) is 24.1 Å². The van der Waals surface area contributed by atoms with Gasteiger partial charge in [-0.25, -0.2) is 0 Å². The molecular weight excluding hydrogens is 502 g/mol. The third-order valence-corrected chi connectivity index (χ3v) is 7.90. The average molecular weight is 532 g/mol. The molecule has 2 atom stereocenters. The summed E-state index contributed by atoms with van der Waals surface area (Å²) in [7, 11) is 0. The molecule has 4 aromatic carbocycles. The highest BCUT2D eigenvalue weighted by atomic mass is 16.2. The Bertz CT molecular complexity index is 1610. The third-order valence-electron chi connectivity index (χ3n) is 7.90. The van der Waals surface area contributed by atoms with Crippen molar-refractivity contribution in [1.29, 1.82) is 0 Å². The molecule has 2 heterocycles. The van der Waals surface area contributed by atoms with E-state index in [1.54, 1.807) is 29.2 Å². The maximum absolute atomic E-state index is 14.2. The Morgan fingerprint density at radius 1 is 0.825 bits per heavy atom. The summed E-state index contributed by atoms with van der Waals surface area (Å²) in [6, 6.07) is 27.1. The normalized spacial score (nSPS) is 18.1. The van der Waals surface area contributed by atoms with Crippen molar-refractivity contribution in [2.45, 2.75) is 38.8 Å². The van der Waals surface area contributed by atoms with Crippen LogP contribution >= 0.6 is 0 Å². The van der Waals surface area contributed by atoms with Crippen LogP contribution in [-0.2, 0) is 9.59 Å². The number of rotatable bonds is 5. The van der Waals surface area contributed by atoms with E-state index in [0.29, 0.717) is 35.0 Å². The van der Waals surface area contributed by atoms with Crippen molar-refractivity contribution >= 4 is 45.8 Å². The summed E-state index contributed by atoms with van der Waals surface area (Å²) in [6.45, 7) is 3.43. The fourth-order valence-corrected chi connectivity index (χ4v) is 6.10. The fourth-order valence-electron chi connectivity index (χ4n) is 6.10. The first-order valence-electron chi connectivity index (χ1n) is 13.6. The molecule has 0 radical (unpaired) electrons. The number of hydrogen-bond donors (Lipinski definition) is 0. The summed E-state index contributed by atoms with van der Waals surface area (Å²) in [6.07, 6.45) is 0.880. The largest absolute Gasteiger partial charge is 0.309 e. The second-order valence-electron chi connectivity index (χ2n) is 10.3. The van der Waals surface area contributed by atoms with Gasteiger partial charge in [0.1, 0.15) is 6.54 Å². The van der Waals surface area contributed by atoms with Crippen molar-refractivity contribution in [3.63, 3.8) is 0 Å². The molecular formula is C33H29N3O4. The molecule has 7 nitrogen and oxygen atoms in total. The van der Waals surface area contributed by atoms with Crippen molar-refractivity contribution in [3.8, 4) is 0 Å². The van der Waals surface area contributed by atoms with Crippen LogP contribution < -0.4 is 9.80 Å². The van der Waals surface area contributed by atoms with Gasteiger partial charge < -0.3 is 9.80 Å². The van der Waals surface area contributed by atoms with Crippen LogP contribution in [0, 0.1) is 0 Å². The van der Waals surface area contributed by atoms with Gasteiger partial charge in [-0.15, -0.1) is 0 Å². The highest BCUT2D eigenvalue weighted by Crippen LogP contribution is 2.42. The van der Waals surface area contributed by atoms with Crippen molar-refractivity contribution in [2.75, 3.05) is 16.3 Å². The van der Waals surface area contributed by atoms with Crippen molar-refractivity contribution in [3.05, 3.63) is 108 Å². The zero-order valence-electron chi connectivity index (χ0n) is 22.4. The van der Waals surface area contributed by atoms with E-state index in [-0.39, 0.29) is 17.9 Å². The predicted molar refractivity (Wildman–Crippen MR) is 154 cm³/mol. The lowest BCUT2D eigenvalue weighted by atomic mass is 9.89. The van der Waals surface area contributed by atoms with Crippen LogP contribution in [0.1, 0.15) is 59.0 Å². The number of hydrogen-bond acceptors (Lipinski definition) is 4. The Morgan fingerprint density at radius 3 is 2.10 bits per heavy atom. The molecule has 7 heteroatoms. The summed E-state index contributed by atoms with van der Waals surface area (Å²) < 4.78 is 0. The molecule has 0 aliphatic carbocycles. The molecule has 0 N–H and O–H groups in total. The van der Waals surface area contributed by atoms with E-state index >= 15 is 0 Å². The molecule has 0 spiro atoms. The molecule has 200 valence electrons. The SMILES string of the molecule is CCC(=O)N1c2ccccc2[C@H](N(C(=O)CN2C(=O)c3cccc4cccc(c34)C2=O)c2ccccc2)C[C@@H]1C. The number of carbonyl (C=O) groups is 4. The van der Waals surface area contributed by atoms with Gasteiger partial charge in [-0.1, -0.05) is 67.6 Å². The number of para-hydroxylation sites is 2. The van der Waals surface area contributed by atoms with Crippen LogP contribution in [0.2, 0.25) is 0 Å². The minimum absolute atomic E-state index is 0.0216. The van der Waals surface area contributed by atoms with E-state index in [9.17, 15) is 19.2 Å². The first-order valence-corrected chi connectivity index (χ1v) is 13.6. The lowest BCUT2D eigenvalue weighted by Gasteiger charge is -2.44. The summed E-state index contributed by atoms with van der Waals surface area (Å²) in [5, 5.41) is 1.44. The molecule has 4 aromatic rings. The van der Waals surface area contributed by atoms with Crippen LogP contribution in [0.25, 0.3) is 10.8 Å². The molecule has 0 aromatic heterocycles. The first kappa shape index (κ1) is 25.5. The number of carbonyl (C=O) groups excluding carboxylic acids is 4. The summed E-state index contributed by atoms with van der Waals surface area (Å²) in [5.41, 5.74) is 3.12. The number of nitrogens with zero attached hydrogens (tertiary/aromatic N) is 3. The lowest BCUT2D eigenvalue weighted by molar-refractivity contribution is -0.119. The highest BCUT2D eigenvalue weighted by Gasteiger charge is 2.40. The van der Waals surface area contributed by atoms with E-state index in [1.165, 1.54) is 0 Å². The van der Waals surface area contributed by atoms with Crippen LogP contribution in [0.3, 0.4) is 0 Å². The zero-order valence-corrected chi connectivity index (χ0v) is 22.4. The topological polar surface area (TPSA) is 78.0 Å². The highest BCUT2D eigenvalue weighted by molar-refractivity contribution is 6.26. The van der Waals surface area contributed by atoms with E-state index in [0.717, 1.165) is 21.5 Å². The molecule has 0 fully saturated rings.